The Balaban J connectivity index is 1.97. The Morgan fingerprint density at radius 3 is 2.41 bits per heavy atom. The molecule has 0 amide bonds. The Morgan fingerprint density at radius 2 is 1.75 bits per heavy atom. The van der Waals surface area contributed by atoms with E-state index in [0.29, 0.717) is 0 Å². The summed E-state index contributed by atoms with van der Waals surface area (Å²) in [5.41, 5.74) is -1.46. The molecule has 4 rings (SSSR count). The van der Waals surface area contributed by atoms with Crippen molar-refractivity contribution >= 4 is 11.0 Å². The van der Waals surface area contributed by atoms with Crippen molar-refractivity contribution in [3.8, 4) is 22.6 Å². The van der Waals surface area contributed by atoms with Crippen LogP contribution in [0.15, 0.2) is 45.6 Å². The van der Waals surface area contributed by atoms with E-state index in [1.807, 2.05) is 0 Å². The number of hydrogen-bond acceptors (Lipinski definition) is 5. The first kappa shape index (κ1) is 22.2. The summed E-state index contributed by atoms with van der Waals surface area (Å²) in [7, 11) is 1.33. The van der Waals surface area contributed by atoms with Crippen molar-refractivity contribution in [2.45, 2.75) is 38.4 Å². The van der Waals surface area contributed by atoms with Gasteiger partial charge in [-0.25, -0.2) is 0 Å². The van der Waals surface area contributed by atoms with E-state index in [1.54, 1.807) is 6.07 Å². The van der Waals surface area contributed by atoms with Crippen molar-refractivity contribution in [2.24, 2.45) is 0 Å². The third kappa shape index (κ3) is 4.19. The second kappa shape index (κ2) is 8.86. The first-order valence-corrected chi connectivity index (χ1v) is 10.6. The van der Waals surface area contributed by atoms with E-state index in [2.05, 4.69) is 4.90 Å². The quantitative estimate of drug-likeness (QED) is 0.567. The van der Waals surface area contributed by atoms with E-state index in [-0.39, 0.29) is 40.1 Å². The molecule has 8 heteroatoms. The average molecular weight is 447 g/mol. The van der Waals surface area contributed by atoms with Gasteiger partial charge in [0.1, 0.15) is 17.1 Å². The topological polar surface area (TPSA) is 62.9 Å². The highest BCUT2D eigenvalue weighted by molar-refractivity contribution is 5.87. The lowest BCUT2D eigenvalue weighted by atomic mass is 9.99. The number of halogens is 3. The van der Waals surface area contributed by atoms with Gasteiger partial charge in [0.25, 0.3) is 0 Å². The van der Waals surface area contributed by atoms with E-state index in [0.717, 1.165) is 38.8 Å². The second-order valence-corrected chi connectivity index (χ2v) is 7.96. The third-order valence-corrected chi connectivity index (χ3v) is 5.85. The first-order valence-electron chi connectivity index (χ1n) is 10.6. The van der Waals surface area contributed by atoms with Crippen LogP contribution < -0.4 is 10.2 Å². The number of likely N-dealkylation sites (tertiary alicyclic amines) is 1. The summed E-state index contributed by atoms with van der Waals surface area (Å²) >= 11 is 0. The summed E-state index contributed by atoms with van der Waals surface area (Å²) in [5, 5.41) is 10.5. The largest absolute Gasteiger partial charge is 0.507 e. The molecule has 3 aromatic rings. The average Bonchev–Trinajstić information content (AvgIpc) is 3.03. The van der Waals surface area contributed by atoms with E-state index in [1.165, 1.54) is 37.4 Å². The smallest absolute Gasteiger partial charge is 0.450 e. The van der Waals surface area contributed by atoms with Crippen LogP contribution in [0.1, 0.15) is 37.0 Å². The Bertz CT molecular complexity index is 1180. The highest BCUT2D eigenvalue weighted by Crippen LogP contribution is 2.41. The molecule has 1 aromatic heterocycles. The lowest BCUT2D eigenvalue weighted by Crippen LogP contribution is -2.24. The van der Waals surface area contributed by atoms with Gasteiger partial charge in [-0.3, -0.25) is 9.69 Å². The number of aromatic hydroxyl groups is 1. The molecule has 1 fully saturated rings. The fourth-order valence-corrected chi connectivity index (χ4v) is 4.27. The van der Waals surface area contributed by atoms with Crippen LogP contribution >= 0.6 is 0 Å². The number of para-hydroxylation sites is 1. The Morgan fingerprint density at radius 1 is 1.06 bits per heavy atom. The molecule has 0 unspecified atom stereocenters. The monoisotopic (exact) mass is 447 g/mol. The third-order valence-electron chi connectivity index (χ3n) is 5.85. The van der Waals surface area contributed by atoms with Gasteiger partial charge in [-0.1, -0.05) is 31.0 Å². The lowest BCUT2D eigenvalue weighted by Gasteiger charge is -2.22. The number of phenolic OH excluding ortho intramolecular Hbond substituents is 1. The van der Waals surface area contributed by atoms with E-state index in [4.69, 9.17) is 9.15 Å². The van der Waals surface area contributed by atoms with Gasteiger partial charge < -0.3 is 14.3 Å². The summed E-state index contributed by atoms with van der Waals surface area (Å²) in [6, 6.07) is 8.66. The van der Waals surface area contributed by atoms with Gasteiger partial charge in [-0.05, 0) is 44.1 Å². The van der Waals surface area contributed by atoms with Gasteiger partial charge >= 0.3 is 6.18 Å². The molecule has 2 heterocycles. The molecule has 1 aliphatic heterocycles. The van der Waals surface area contributed by atoms with Crippen molar-refractivity contribution < 1.29 is 27.4 Å². The van der Waals surface area contributed by atoms with Gasteiger partial charge in [0.05, 0.1) is 23.6 Å². The molecule has 1 saturated heterocycles. The molecule has 0 saturated carbocycles. The van der Waals surface area contributed by atoms with E-state index in [9.17, 15) is 23.1 Å². The van der Waals surface area contributed by atoms with Crippen LogP contribution in [-0.4, -0.2) is 30.2 Å². The predicted molar refractivity (Wildman–Crippen MR) is 115 cm³/mol. The molecule has 0 radical (unpaired) electrons. The summed E-state index contributed by atoms with van der Waals surface area (Å²) in [6.07, 6.45) is -0.793. The van der Waals surface area contributed by atoms with Crippen LogP contribution in [0.25, 0.3) is 22.1 Å². The highest BCUT2D eigenvalue weighted by Gasteiger charge is 2.40. The molecule has 1 aliphatic rings. The van der Waals surface area contributed by atoms with E-state index >= 15 is 0 Å². The van der Waals surface area contributed by atoms with Gasteiger partial charge in [-0.2, -0.15) is 13.2 Å². The maximum atomic E-state index is 14.1. The number of benzene rings is 2. The number of methoxy groups -OCH3 is 1. The number of alkyl halides is 3. The SMILES string of the molecule is COc1ccccc1-c1c(C(F)(F)F)oc2c(CN3CCCCCC3)c(O)ccc2c1=O. The van der Waals surface area contributed by atoms with Crippen LogP contribution in [0.4, 0.5) is 13.2 Å². The molecule has 0 bridgehead atoms. The zero-order valence-electron chi connectivity index (χ0n) is 17.7. The van der Waals surface area contributed by atoms with Crippen molar-refractivity contribution in [3.63, 3.8) is 0 Å². The van der Waals surface area contributed by atoms with Crippen molar-refractivity contribution in [3.05, 3.63) is 57.9 Å². The van der Waals surface area contributed by atoms with Crippen LogP contribution in [0.2, 0.25) is 0 Å². The number of rotatable bonds is 4. The number of hydrogen-bond donors (Lipinski definition) is 1. The molecule has 170 valence electrons. The van der Waals surface area contributed by atoms with Crippen molar-refractivity contribution in [2.75, 3.05) is 20.2 Å². The fraction of sp³-hybridized carbons (Fsp3) is 0.375. The Hall–Kier alpha value is -3.00. The molecule has 1 N–H and O–H groups in total. The first-order chi connectivity index (χ1) is 15.3. The zero-order chi connectivity index (χ0) is 22.9. The Kier molecular flexibility index (Phi) is 6.15. The van der Waals surface area contributed by atoms with Gasteiger partial charge in [-0.15, -0.1) is 0 Å². The molecule has 0 aliphatic carbocycles. The minimum Gasteiger partial charge on any atom is -0.507 e. The summed E-state index contributed by atoms with van der Waals surface area (Å²) in [4.78, 5) is 15.4. The second-order valence-electron chi connectivity index (χ2n) is 7.96. The van der Waals surface area contributed by atoms with Crippen LogP contribution in [0, 0.1) is 0 Å². The zero-order valence-corrected chi connectivity index (χ0v) is 17.7. The van der Waals surface area contributed by atoms with Crippen molar-refractivity contribution in [1.82, 2.24) is 4.90 Å². The summed E-state index contributed by atoms with van der Waals surface area (Å²) < 4.78 is 52.8. The Labute approximate surface area is 183 Å². The molecular weight excluding hydrogens is 423 g/mol. The molecule has 0 spiro atoms. The minimum absolute atomic E-state index is 0.000109. The molecule has 32 heavy (non-hydrogen) atoms. The van der Waals surface area contributed by atoms with Crippen molar-refractivity contribution in [1.29, 1.82) is 0 Å². The predicted octanol–water partition coefficient (Wildman–Crippen LogP) is 5.57. The number of nitrogens with zero attached hydrogens (tertiary/aromatic N) is 1. The maximum absolute atomic E-state index is 14.1. The number of ether oxygens (including phenoxy) is 1. The van der Waals surface area contributed by atoms with Crippen LogP contribution in [0.3, 0.4) is 0 Å². The normalized spacial score (nSPS) is 15.6. The summed E-state index contributed by atoms with van der Waals surface area (Å²) in [6.45, 7) is 1.74. The van der Waals surface area contributed by atoms with Crippen LogP contribution in [0.5, 0.6) is 11.5 Å². The lowest BCUT2D eigenvalue weighted by molar-refractivity contribution is -0.152. The highest BCUT2D eigenvalue weighted by atomic mass is 19.4. The van der Waals surface area contributed by atoms with Gasteiger partial charge in [0, 0.05) is 12.1 Å². The van der Waals surface area contributed by atoms with Gasteiger partial charge in [0.15, 0.2) is 0 Å². The molecular formula is C24H24F3NO4. The van der Waals surface area contributed by atoms with Crippen LogP contribution in [-0.2, 0) is 12.7 Å². The minimum atomic E-state index is -4.92. The number of phenols is 1. The molecule has 5 nitrogen and oxygen atoms in total. The summed E-state index contributed by atoms with van der Waals surface area (Å²) in [5.74, 6) is -1.46. The molecule has 0 atom stereocenters. The fourth-order valence-electron chi connectivity index (χ4n) is 4.27. The standard InChI is InChI=1S/C24H24F3NO4/c1-31-19-9-5-4-8-15(19)20-21(30)16-10-11-18(29)17(14-28-12-6-2-3-7-13-28)22(16)32-23(20)24(25,26)27/h4-5,8-11,29H,2-3,6-7,12-14H2,1H3. The van der Waals surface area contributed by atoms with Gasteiger partial charge in [0.2, 0.25) is 11.2 Å². The van der Waals surface area contributed by atoms with E-state index < -0.39 is 22.9 Å². The molecule has 2 aromatic carbocycles. The maximum Gasteiger partial charge on any atom is 0.450 e. The number of fused-ring (bicyclic) bond motifs is 1.